The van der Waals surface area contributed by atoms with Crippen molar-refractivity contribution in [1.82, 2.24) is 20.0 Å². The largest absolute Gasteiger partial charge is 0.492 e. The second-order valence-electron chi connectivity index (χ2n) is 9.39. The number of nitrogens with zero attached hydrogens (tertiary/aromatic N) is 4. The first kappa shape index (κ1) is 24.1. The highest BCUT2D eigenvalue weighted by Crippen LogP contribution is 2.29. The molecule has 3 amide bonds. The van der Waals surface area contributed by atoms with Crippen molar-refractivity contribution in [2.75, 3.05) is 52.6 Å². The summed E-state index contributed by atoms with van der Waals surface area (Å²) in [5.74, 6) is 1.26. The molecule has 4 rings (SSSR count). The van der Waals surface area contributed by atoms with Crippen LogP contribution in [0.25, 0.3) is 0 Å². The molecule has 0 aliphatic carbocycles. The predicted octanol–water partition coefficient (Wildman–Crippen LogP) is 2.36. The van der Waals surface area contributed by atoms with Crippen LogP contribution in [0.1, 0.15) is 31.2 Å². The summed E-state index contributed by atoms with van der Waals surface area (Å²) in [6.45, 7) is 4.39. The topological polar surface area (TPSA) is 118 Å². The van der Waals surface area contributed by atoms with Crippen molar-refractivity contribution in [3.63, 3.8) is 0 Å². The molecule has 0 spiro atoms. The minimum Gasteiger partial charge on any atom is -0.492 e. The van der Waals surface area contributed by atoms with Gasteiger partial charge in [-0.3, -0.25) is 9.80 Å². The van der Waals surface area contributed by atoms with Crippen molar-refractivity contribution in [3.8, 4) is 11.8 Å². The average Bonchev–Trinajstić information content (AvgIpc) is 2.83. The van der Waals surface area contributed by atoms with E-state index in [9.17, 15) is 14.7 Å². The monoisotopic (exact) mass is 471 g/mol. The lowest BCUT2D eigenvalue weighted by Crippen LogP contribution is -2.58. The smallest absolute Gasteiger partial charge is 0.408 e. The first-order valence-corrected chi connectivity index (χ1v) is 12.0. The van der Waals surface area contributed by atoms with Crippen molar-refractivity contribution >= 4 is 12.1 Å². The van der Waals surface area contributed by atoms with Gasteiger partial charge in [0, 0.05) is 32.8 Å². The zero-order chi connectivity index (χ0) is 23.9. The molecule has 0 radical (unpaired) electrons. The van der Waals surface area contributed by atoms with Gasteiger partial charge in [0.2, 0.25) is 0 Å². The number of carbonyl (C=O) groups excluding carboxylic acids is 1. The van der Waals surface area contributed by atoms with Crippen LogP contribution in [0, 0.1) is 23.2 Å². The lowest BCUT2D eigenvalue weighted by molar-refractivity contribution is -0.00952. The summed E-state index contributed by atoms with van der Waals surface area (Å²) < 4.78 is 11.3. The second kappa shape index (κ2) is 11.4. The Balaban J connectivity index is 1.23. The standard InChI is InChI=1S/C24H33N5O5/c25-12-18-4-6-21(7-5-18)33-10-8-28(24(31)32)17-27-13-19-11-20(14-27)16-29(15-19)23(30)26-22-3-1-2-9-34-22/h4-7,19-20,22H,1-3,8-11,13-17H2,(H,26,30)(H,31,32). The van der Waals surface area contributed by atoms with Gasteiger partial charge < -0.3 is 24.8 Å². The Morgan fingerprint density at radius 3 is 2.53 bits per heavy atom. The highest BCUT2D eigenvalue weighted by molar-refractivity contribution is 5.74. The zero-order valence-corrected chi connectivity index (χ0v) is 19.4. The average molecular weight is 472 g/mol. The predicted molar refractivity (Wildman–Crippen MR) is 123 cm³/mol. The number of hydrogen-bond acceptors (Lipinski definition) is 6. The Bertz CT molecular complexity index is 869. The molecule has 3 aliphatic rings. The molecule has 3 unspecified atom stereocenters. The molecule has 2 bridgehead atoms. The van der Waals surface area contributed by atoms with Crippen LogP contribution in [-0.4, -0.2) is 90.8 Å². The molecule has 0 saturated carbocycles. The number of nitriles is 1. The van der Waals surface area contributed by atoms with E-state index in [4.69, 9.17) is 14.7 Å². The molecule has 3 aliphatic heterocycles. The molecule has 3 saturated heterocycles. The van der Waals surface area contributed by atoms with Gasteiger partial charge in [-0.15, -0.1) is 0 Å². The van der Waals surface area contributed by atoms with Gasteiger partial charge >= 0.3 is 12.1 Å². The van der Waals surface area contributed by atoms with Crippen LogP contribution in [0.15, 0.2) is 24.3 Å². The number of carboxylic acid groups (broad SMARTS) is 1. The van der Waals surface area contributed by atoms with Crippen molar-refractivity contribution in [2.24, 2.45) is 11.8 Å². The highest BCUT2D eigenvalue weighted by atomic mass is 16.5. The van der Waals surface area contributed by atoms with E-state index in [2.05, 4.69) is 16.3 Å². The number of benzene rings is 1. The number of urea groups is 1. The fourth-order valence-electron chi connectivity index (χ4n) is 5.12. The molecule has 1 aromatic rings. The first-order valence-electron chi connectivity index (χ1n) is 12.0. The number of piperidine rings is 2. The fraction of sp³-hybridized carbons (Fsp3) is 0.625. The quantitative estimate of drug-likeness (QED) is 0.627. The van der Waals surface area contributed by atoms with Gasteiger partial charge in [-0.1, -0.05) is 0 Å². The number of rotatable bonds is 7. The lowest BCUT2D eigenvalue weighted by atomic mass is 9.85. The van der Waals surface area contributed by atoms with Gasteiger partial charge in [-0.2, -0.15) is 5.26 Å². The van der Waals surface area contributed by atoms with Crippen molar-refractivity contribution < 1.29 is 24.2 Å². The molecule has 184 valence electrons. The fourth-order valence-corrected chi connectivity index (χ4v) is 5.12. The maximum absolute atomic E-state index is 12.7. The van der Waals surface area contributed by atoms with Gasteiger partial charge in [0.15, 0.2) is 0 Å². The lowest BCUT2D eigenvalue weighted by Gasteiger charge is -2.46. The molecule has 1 aromatic carbocycles. The molecule has 0 aromatic heterocycles. The number of fused-ring (bicyclic) bond motifs is 2. The summed E-state index contributed by atoms with van der Waals surface area (Å²) in [6.07, 6.45) is 2.88. The van der Waals surface area contributed by atoms with E-state index < -0.39 is 6.09 Å². The summed E-state index contributed by atoms with van der Waals surface area (Å²) >= 11 is 0. The zero-order valence-electron chi connectivity index (χ0n) is 19.4. The Hall–Kier alpha value is -3.03. The van der Waals surface area contributed by atoms with E-state index in [-0.39, 0.29) is 25.4 Å². The van der Waals surface area contributed by atoms with Gasteiger partial charge in [0.25, 0.3) is 0 Å². The molecule has 10 heteroatoms. The van der Waals surface area contributed by atoms with E-state index in [1.807, 2.05) is 4.90 Å². The maximum Gasteiger partial charge on any atom is 0.408 e. The number of hydrogen-bond donors (Lipinski definition) is 2. The third-order valence-electron chi connectivity index (χ3n) is 6.66. The van der Waals surface area contributed by atoms with Crippen LogP contribution < -0.4 is 10.1 Å². The van der Waals surface area contributed by atoms with Gasteiger partial charge in [-0.25, -0.2) is 9.59 Å². The van der Waals surface area contributed by atoms with Gasteiger partial charge in [0.05, 0.1) is 24.8 Å². The van der Waals surface area contributed by atoms with Crippen LogP contribution in [0.5, 0.6) is 5.75 Å². The Morgan fingerprint density at radius 2 is 1.91 bits per heavy atom. The van der Waals surface area contributed by atoms with Crippen molar-refractivity contribution in [3.05, 3.63) is 29.8 Å². The molecular weight excluding hydrogens is 438 g/mol. The normalized spacial score (nSPS) is 24.7. The third kappa shape index (κ3) is 6.52. The SMILES string of the molecule is N#Cc1ccc(OCCN(CN2CC3CC(C2)CN(C(=O)NC2CCCCO2)C3)C(=O)O)cc1. The van der Waals surface area contributed by atoms with Crippen LogP contribution in [0.4, 0.5) is 9.59 Å². The third-order valence-corrected chi connectivity index (χ3v) is 6.66. The van der Waals surface area contributed by atoms with E-state index >= 15 is 0 Å². The van der Waals surface area contributed by atoms with Crippen molar-refractivity contribution in [1.29, 1.82) is 5.26 Å². The Kier molecular flexibility index (Phi) is 8.08. The summed E-state index contributed by atoms with van der Waals surface area (Å²) in [6, 6.07) is 8.75. The van der Waals surface area contributed by atoms with Crippen LogP contribution in [0.3, 0.4) is 0 Å². The number of amides is 3. The Morgan fingerprint density at radius 1 is 1.18 bits per heavy atom. The molecule has 3 atom stereocenters. The van der Waals surface area contributed by atoms with E-state index in [0.29, 0.717) is 49.5 Å². The minimum atomic E-state index is -0.979. The van der Waals surface area contributed by atoms with E-state index in [1.165, 1.54) is 4.90 Å². The number of ether oxygens (including phenoxy) is 2. The molecule has 2 N–H and O–H groups in total. The maximum atomic E-state index is 12.7. The molecular formula is C24H33N5O5. The second-order valence-corrected chi connectivity index (χ2v) is 9.39. The summed E-state index contributed by atoms with van der Waals surface area (Å²) in [5.41, 5.74) is 0.550. The van der Waals surface area contributed by atoms with E-state index in [1.54, 1.807) is 24.3 Å². The van der Waals surface area contributed by atoms with Crippen LogP contribution in [0.2, 0.25) is 0 Å². The summed E-state index contributed by atoms with van der Waals surface area (Å²) in [5, 5.41) is 21.6. The van der Waals surface area contributed by atoms with Gasteiger partial charge in [-0.05, 0) is 61.8 Å². The summed E-state index contributed by atoms with van der Waals surface area (Å²) in [7, 11) is 0. The van der Waals surface area contributed by atoms with Gasteiger partial charge in [0.1, 0.15) is 18.6 Å². The van der Waals surface area contributed by atoms with E-state index in [0.717, 1.165) is 38.8 Å². The molecule has 10 nitrogen and oxygen atoms in total. The number of carbonyl (C=O) groups is 2. The van der Waals surface area contributed by atoms with Crippen molar-refractivity contribution in [2.45, 2.75) is 31.9 Å². The molecule has 34 heavy (non-hydrogen) atoms. The highest BCUT2D eigenvalue weighted by Gasteiger charge is 2.37. The summed E-state index contributed by atoms with van der Waals surface area (Å²) in [4.78, 5) is 30.0. The van der Waals surface area contributed by atoms with Crippen LogP contribution in [-0.2, 0) is 4.74 Å². The minimum absolute atomic E-state index is 0.0536. The molecule has 3 fully saturated rings. The van der Waals surface area contributed by atoms with Crippen LogP contribution >= 0.6 is 0 Å². The molecule has 3 heterocycles. The number of nitrogens with one attached hydrogen (secondary N) is 1. The first-order chi connectivity index (χ1) is 16.5. The number of likely N-dealkylation sites (tertiary alicyclic amines) is 2. The Labute approximate surface area is 200 Å².